The van der Waals surface area contributed by atoms with Gasteiger partial charge >= 0.3 is 0 Å². The van der Waals surface area contributed by atoms with E-state index in [9.17, 15) is 13.6 Å². The number of likely N-dealkylation sites (N-methyl/N-ethyl adjacent to an activating group) is 1. The summed E-state index contributed by atoms with van der Waals surface area (Å²) < 4.78 is 34.4. The number of amides is 1. The first-order valence-corrected chi connectivity index (χ1v) is 12.0. The predicted octanol–water partition coefficient (Wildman–Crippen LogP) is 1.39. The van der Waals surface area contributed by atoms with Crippen molar-refractivity contribution in [1.82, 2.24) is 26.2 Å². The van der Waals surface area contributed by atoms with Crippen molar-refractivity contribution in [1.29, 1.82) is 0 Å². The zero-order chi connectivity index (χ0) is 22.1. The van der Waals surface area contributed by atoms with Crippen molar-refractivity contribution in [2.75, 3.05) is 13.6 Å². The highest BCUT2D eigenvalue weighted by Gasteiger charge is 2.48. The van der Waals surface area contributed by atoms with Crippen LogP contribution in [0.25, 0.3) is 0 Å². The first kappa shape index (κ1) is 23.3. The van der Waals surface area contributed by atoms with Crippen LogP contribution in [-0.2, 0) is 9.53 Å². The smallest absolute Gasteiger partial charge is 0.218 e. The number of nitrogens with zero attached hydrogens (tertiary/aromatic N) is 1. The summed E-state index contributed by atoms with van der Waals surface area (Å²) in [5.41, 5.74) is 0. The molecule has 0 aromatic rings. The second-order valence-electron chi connectivity index (χ2n) is 9.99. The van der Waals surface area contributed by atoms with E-state index >= 15 is 0 Å². The number of carbonyl (C=O) groups excluding carboxylic acids is 1. The van der Waals surface area contributed by atoms with Gasteiger partial charge in [0.2, 0.25) is 5.91 Å². The van der Waals surface area contributed by atoms with Crippen LogP contribution in [-0.4, -0.2) is 79.5 Å². The Hall–Kier alpha value is -0.870. The maximum atomic E-state index is 14.4. The van der Waals surface area contributed by atoms with E-state index in [2.05, 4.69) is 40.1 Å². The van der Waals surface area contributed by atoms with Crippen LogP contribution in [0.2, 0.25) is 0 Å². The highest BCUT2D eigenvalue weighted by atomic mass is 19.1. The molecule has 9 heteroatoms. The largest absolute Gasteiger partial charge is 0.374 e. The van der Waals surface area contributed by atoms with E-state index in [1.807, 2.05) is 0 Å². The van der Waals surface area contributed by atoms with Gasteiger partial charge in [-0.3, -0.25) is 25.6 Å². The van der Waals surface area contributed by atoms with E-state index in [1.165, 1.54) is 6.92 Å². The molecule has 2 saturated carbocycles. The molecule has 0 aromatic heterocycles. The standard InChI is InChI=1S/C22H39F2N5O2/c1-12-19(31-15-8-9-25-20(11-15)26-13(2)30)7-6-18-21(12)28-22(29(18)3)27-17-5-4-14(23)10-16(17)24/h12,14-22,25,27-28H,4-11H2,1-3H3,(H,26,30). The molecule has 178 valence electrons. The van der Waals surface area contributed by atoms with Gasteiger partial charge in [0.15, 0.2) is 0 Å². The van der Waals surface area contributed by atoms with Gasteiger partial charge in [0.25, 0.3) is 0 Å². The molecular formula is C22H39F2N5O2. The minimum absolute atomic E-state index is 0.00298. The van der Waals surface area contributed by atoms with E-state index in [1.54, 1.807) is 0 Å². The molecule has 0 radical (unpaired) electrons. The van der Waals surface area contributed by atoms with Crippen molar-refractivity contribution in [2.45, 2.75) is 114 Å². The molecule has 2 aliphatic heterocycles. The number of halogens is 2. The Morgan fingerprint density at radius 1 is 1.13 bits per heavy atom. The number of carbonyl (C=O) groups is 1. The van der Waals surface area contributed by atoms with E-state index in [4.69, 9.17) is 4.74 Å². The molecule has 31 heavy (non-hydrogen) atoms. The van der Waals surface area contributed by atoms with Crippen LogP contribution in [0.15, 0.2) is 0 Å². The van der Waals surface area contributed by atoms with E-state index in [0.717, 1.165) is 32.2 Å². The summed E-state index contributed by atoms with van der Waals surface area (Å²) >= 11 is 0. The van der Waals surface area contributed by atoms with Gasteiger partial charge in [0.05, 0.1) is 18.4 Å². The number of piperidine rings is 1. The van der Waals surface area contributed by atoms with Crippen LogP contribution < -0.4 is 21.3 Å². The number of alkyl halides is 2. The van der Waals surface area contributed by atoms with Crippen molar-refractivity contribution < 1.29 is 18.3 Å². The molecule has 4 N–H and O–H groups in total. The van der Waals surface area contributed by atoms with Crippen molar-refractivity contribution in [3.8, 4) is 0 Å². The Morgan fingerprint density at radius 3 is 2.68 bits per heavy atom. The van der Waals surface area contributed by atoms with E-state index in [-0.39, 0.29) is 49.1 Å². The van der Waals surface area contributed by atoms with Crippen molar-refractivity contribution in [3.63, 3.8) is 0 Å². The lowest BCUT2D eigenvalue weighted by atomic mass is 9.80. The second-order valence-corrected chi connectivity index (χ2v) is 9.99. The minimum Gasteiger partial charge on any atom is -0.374 e. The normalized spacial score (nSPS) is 46.5. The van der Waals surface area contributed by atoms with Crippen molar-refractivity contribution in [3.05, 3.63) is 0 Å². The Labute approximate surface area is 184 Å². The third kappa shape index (κ3) is 5.38. The molecule has 2 saturated heterocycles. The van der Waals surface area contributed by atoms with Crippen LogP contribution in [0.1, 0.15) is 58.8 Å². The topological polar surface area (TPSA) is 77.7 Å². The fraction of sp³-hybridized carbons (Fsp3) is 0.955. The first-order chi connectivity index (χ1) is 14.8. The molecule has 2 heterocycles. The molecule has 4 fully saturated rings. The summed E-state index contributed by atoms with van der Waals surface area (Å²) in [5, 5.41) is 13.4. The SMILES string of the molecule is CC(=O)NC1CC(OC2CCC3C(NC(NC4CCC(F)CC4F)N3C)C2C)CCN1. The van der Waals surface area contributed by atoms with Crippen LogP contribution in [0, 0.1) is 5.92 Å². The minimum atomic E-state index is -1.13. The van der Waals surface area contributed by atoms with E-state index in [0.29, 0.717) is 24.8 Å². The highest BCUT2D eigenvalue weighted by molar-refractivity contribution is 5.73. The monoisotopic (exact) mass is 443 g/mol. The number of ether oxygens (including phenoxy) is 1. The molecule has 0 bridgehead atoms. The lowest BCUT2D eigenvalue weighted by Gasteiger charge is -2.41. The van der Waals surface area contributed by atoms with Gasteiger partial charge in [-0.1, -0.05) is 6.92 Å². The average Bonchev–Trinajstić information content (AvgIpc) is 3.02. The molecular weight excluding hydrogens is 404 g/mol. The third-order valence-electron chi connectivity index (χ3n) is 7.78. The molecule has 4 aliphatic rings. The molecule has 10 atom stereocenters. The summed E-state index contributed by atoms with van der Waals surface area (Å²) in [6, 6.07) is 0.350. The summed E-state index contributed by atoms with van der Waals surface area (Å²) in [5.74, 6) is 0.295. The third-order valence-corrected chi connectivity index (χ3v) is 7.78. The van der Waals surface area contributed by atoms with Crippen LogP contribution in [0.4, 0.5) is 8.78 Å². The molecule has 4 rings (SSSR count). The fourth-order valence-electron chi connectivity index (χ4n) is 5.99. The quantitative estimate of drug-likeness (QED) is 0.515. The number of nitrogens with one attached hydrogen (secondary N) is 4. The molecule has 0 spiro atoms. The van der Waals surface area contributed by atoms with Crippen LogP contribution in [0.5, 0.6) is 0 Å². The van der Waals surface area contributed by atoms with Gasteiger partial charge in [-0.25, -0.2) is 8.78 Å². The highest BCUT2D eigenvalue weighted by Crippen LogP contribution is 2.36. The second kappa shape index (κ2) is 9.95. The van der Waals surface area contributed by atoms with Gasteiger partial charge in [0, 0.05) is 37.9 Å². The van der Waals surface area contributed by atoms with Crippen molar-refractivity contribution >= 4 is 5.91 Å². The lowest BCUT2D eigenvalue weighted by molar-refractivity contribution is -0.121. The number of hydrogen-bond donors (Lipinski definition) is 4. The zero-order valence-electron chi connectivity index (χ0n) is 18.9. The van der Waals surface area contributed by atoms with Crippen molar-refractivity contribution in [2.24, 2.45) is 5.92 Å². The number of hydrogen-bond acceptors (Lipinski definition) is 6. The number of rotatable bonds is 5. The molecule has 7 nitrogen and oxygen atoms in total. The zero-order valence-corrected chi connectivity index (χ0v) is 18.9. The Bertz CT molecular complexity index is 629. The molecule has 0 aromatic carbocycles. The lowest BCUT2D eigenvalue weighted by Crippen LogP contribution is -2.56. The van der Waals surface area contributed by atoms with Gasteiger partial charge in [-0.15, -0.1) is 0 Å². The van der Waals surface area contributed by atoms with Gasteiger partial charge in [-0.05, 0) is 51.6 Å². The summed E-state index contributed by atoms with van der Waals surface area (Å²) in [6.07, 6.45) is 2.75. The van der Waals surface area contributed by atoms with Crippen LogP contribution in [0.3, 0.4) is 0 Å². The molecule has 10 unspecified atom stereocenters. The Morgan fingerprint density at radius 2 is 1.94 bits per heavy atom. The van der Waals surface area contributed by atoms with Gasteiger partial charge in [0.1, 0.15) is 18.6 Å². The Balaban J connectivity index is 1.31. The van der Waals surface area contributed by atoms with Gasteiger partial charge in [-0.2, -0.15) is 0 Å². The summed E-state index contributed by atoms with van der Waals surface area (Å²) in [7, 11) is 2.09. The Kier molecular flexibility index (Phi) is 7.48. The molecule has 2 aliphatic carbocycles. The predicted molar refractivity (Wildman–Crippen MR) is 115 cm³/mol. The average molecular weight is 444 g/mol. The summed E-state index contributed by atoms with van der Waals surface area (Å²) in [6.45, 7) is 4.61. The van der Waals surface area contributed by atoms with E-state index < -0.39 is 12.3 Å². The summed E-state index contributed by atoms with van der Waals surface area (Å²) in [4.78, 5) is 13.7. The maximum absolute atomic E-state index is 14.4. The van der Waals surface area contributed by atoms with Crippen LogP contribution >= 0.6 is 0 Å². The first-order valence-electron chi connectivity index (χ1n) is 12.0. The van der Waals surface area contributed by atoms with Gasteiger partial charge < -0.3 is 10.1 Å². The fourth-order valence-corrected chi connectivity index (χ4v) is 5.99. The number of fused-ring (bicyclic) bond motifs is 1. The maximum Gasteiger partial charge on any atom is 0.218 e. The molecule has 1 amide bonds.